The summed E-state index contributed by atoms with van der Waals surface area (Å²) in [5, 5.41) is 5.84. The molecule has 3 rings (SSSR count). The van der Waals surface area contributed by atoms with Gasteiger partial charge in [-0.15, -0.1) is 0 Å². The molecule has 0 spiro atoms. The van der Waals surface area contributed by atoms with E-state index in [1.54, 1.807) is 24.3 Å². The van der Waals surface area contributed by atoms with Crippen LogP contribution >= 0.6 is 0 Å². The number of nitrogens with one attached hydrogen (secondary N) is 2. The van der Waals surface area contributed by atoms with Crippen LogP contribution in [-0.4, -0.2) is 43.7 Å². The zero-order valence-corrected chi connectivity index (χ0v) is 22.6. The van der Waals surface area contributed by atoms with Gasteiger partial charge in [0, 0.05) is 24.7 Å². The van der Waals surface area contributed by atoms with Gasteiger partial charge >= 0.3 is 0 Å². The Bertz CT molecular complexity index is 1120. The van der Waals surface area contributed by atoms with Crippen LogP contribution in [0.3, 0.4) is 0 Å². The lowest BCUT2D eigenvalue weighted by Gasteiger charge is -2.32. The highest BCUT2D eigenvalue weighted by Crippen LogP contribution is 2.25. The first-order chi connectivity index (χ1) is 17.1. The minimum Gasteiger partial charge on any atom is -0.344 e. The van der Waals surface area contributed by atoms with Gasteiger partial charge in [-0.25, -0.2) is 8.42 Å². The molecule has 2 aromatic rings. The molecule has 0 bridgehead atoms. The van der Waals surface area contributed by atoms with Gasteiger partial charge in [0.1, 0.15) is 6.04 Å². The first-order valence-corrected chi connectivity index (χ1v) is 14.3. The number of anilines is 1. The fraction of sp³-hybridized carbons (Fsp3) is 0.500. The summed E-state index contributed by atoms with van der Waals surface area (Å²) in [4.78, 5) is 26.3. The van der Waals surface area contributed by atoms with E-state index in [2.05, 4.69) is 17.6 Å². The average Bonchev–Trinajstić information content (AvgIpc) is 2.86. The summed E-state index contributed by atoms with van der Waals surface area (Å²) in [5.74, 6) is -0.883. The van der Waals surface area contributed by atoms with Crippen molar-refractivity contribution in [2.75, 3.05) is 18.4 Å². The molecule has 1 saturated heterocycles. The topological polar surface area (TPSA) is 95.6 Å². The summed E-state index contributed by atoms with van der Waals surface area (Å²) in [6, 6.07) is 14.0. The highest BCUT2D eigenvalue weighted by atomic mass is 32.2. The molecule has 1 fully saturated rings. The van der Waals surface area contributed by atoms with Gasteiger partial charge in [-0.05, 0) is 68.4 Å². The number of rotatable bonds is 10. The molecule has 8 heteroatoms. The largest absolute Gasteiger partial charge is 0.344 e. The number of carbonyl (C=O) groups excluding carboxylic acids is 2. The molecule has 1 atom stereocenters. The third kappa shape index (κ3) is 7.17. The van der Waals surface area contributed by atoms with Crippen LogP contribution in [-0.2, 0) is 26.0 Å². The number of amides is 2. The number of hydrogen-bond donors (Lipinski definition) is 2. The zero-order chi connectivity index (χ0) is 26.3. The smallest absolute Gasteiger partial charge is 0.247 e. The lowest BCUT2D eigenvalue weighted by atomic mass is 9.95. The van der Waals surface area contributed by atoms with Crippen molar-refractivity contribution in [1.82, 2.24) is 9.62 Å². The average molecular weight is 514 g/mol. The van der Waals surface area contributed by atoms with Gasteiger partial charge < -0.3 is 10.6 Å². The maximum Gasteiger partial charge on any atom is 0.247 e. The molecule has 0 aliphatic carbocycles. The van der Waals surface area contributed by atoms with Crippen LogP contribution in [0.4, 0.5) is 5.69 Å². The normalized spacial score (nSPS) is 16.0. The zero-order valence-electron chi connectivity index (χ0n) is 21.8. The second kappa shape index (κ2) is 12.5. The van der Waals surface area contributed by atoms with Crippen molar-refractivity contribution in [2.24, 2.45) is 11.8 Å². The van der Waals surface area contributed by atoms with Crippen LogP contribution in [0.2, 0.25) is 0 Å². The number of unbranched alkanes of at least 4 members (excludes halogenated alkanes) is 1. The predicted octanol–water partition coefficient (Wildman–Crippen LogP) is 4.52. The SMILES string of the molecule is CCCCc1ccc(NC(=O)C(NC(=O)C2CCN(S(=O)(=O)c3ccc(C)cc3)CC2)C(C)C)cc1. The summed E-state index contributed by atoms with van der Waals surface area (Å²) in [6.45, 7) is 8.42. The Kier molecular flexibility index (Phi) is 9.68. The van der Waals surface area contributed by atoms with Gasteiger partial charge in [0.2, 0.25) is 21.8 Å². The number of sulfonamides is 1. The number of aryl methyl sites for hydroxylation is 2. The molecule has 0 radical (unpaired) electrons. The van der Waals surface area contributed by atoms with Crippen molar-refractivity contribution in [3.05, 3.63) is 59.7 Å². The number of hydrogen-bond acceptors (Lipinski definition) is 4. The maximum atomic E-state index is 13.0. The monoisotopic (exact) mass is 513 g/mol. The minimum absolute atomic E-state index is 0.0974. The summed E-state index contributed by atoms with van der Waals surface area (Å²) in [7, 11) is -3.58. The minimum atomic E-state index is -3.58. The molecule has 0 aromatic heterocycles. The fourth-order valence-electron chi connectivity index (χ4n) is 4.38. The van der Waals surface area contributed by atoms with E-state index in [-0.39, 0.29) is 41.6 Å². The third-order valence-corrected chi connectivity index (χ3v) is 8.68. The standard InChI is InChI=1S/C28H39N3O4S/c1-5-6-7-22-10-12-24(13-11-22)29-28(33)26(20(2)3)30-27(32)23-16-18-31(19-17-23)36(34,35)25-14-8-21(4)9-15-25/h8-15,20,23,26H,5-7,16-19H2,1-4H3,(H,29,33)(H,30,32). The van der Waals surface area contributed by atoms with E-state index < -0.39 is 16.1 Å². The Morgan fingerprint density at radius 3 is 2.17 bits per heavy atom. The molecule has 36 heavy (non-hydrogen) atoms. The molecule has 2 N–H and O–H groups in total. The Hall–Kier alpha value is -2.71. The van der Waals surface area contributed by atoms with Crippen LogP contribution in [0, 0.1) is 18.8 Å². The Labute approximate surface area is 215 Å². The van der Waals surface area contributed by atoms with Crippen molar-refractivity contribution in [1.29, 1.82) is 0 Å². The molecular weight excluding hydrogens is 474 g/mol. The second-order valence-corrected chi connectivity index (χ2v) is 11.9. The maximum absolute atomic E-state index is 13.0. The number of benzene rings is 2. The van der Waals surface area contributed by atoms with Gasteiger partial charge in [-0.1, -0.05) is 57.0 Å². The molecule has 7 nitrogen and oxygen atoms in total. The summed E-state index contributed by atoms with van der Waals surface area (Å²) < 4.78 is 27.3. The second-order valence-electron chi connectivity index (χ2n) is 10.0. The lowest BCUT2D eigenvalue weighted by molar-refractivity contribution is -0.130. The van der Waals surface area contributed by atoms with Crippen molar-refractivity contribution in [2.45, 2.75) is 70.7 Å². The first-order valence-electron chi connectivity index (χ1n) is 12.9. The van der Waals surface area contributed by atoms with Crippen LogP contribution < -0.4 is 10.6 Å². The molecule has 2 aromatic carbocycles. The van der Waals surface area contributed by atoms with E-state index in [0.717, 1.165) is 24.8 Å². The fourth-order valence-corrected chi connectivity index (χ4v) is 5.85. The van der Waals surface area contributed by atoms with Gasteiger partial charge in [-0.3, -0.25) is 9.59 Å². The highest BCUT2D eigenvalue weighted by Gasteiger charge is 2.34. The third-order valence-electron chi connectivity index (χ3n) is 6.77. The molecule has 196 valence electrons. The predicted molar refractivity (Wildman–Crippen MR) is 143 cm³/mol. The van der Waals surface area contributed by atoms with Gasteiger partial charge in [-0.2, -0.15) is 4.31 Å². The Balaban J connectivity index is 1.56. The Morgan fingerprint density at radius 2 is 1.61 bits per heavy atom. The molecule has 1 heterocycles. The highest BCUT2D eigenvalue weighted by molar-refractivity contribution is 7.89. The van der Waals surface area contributed by atoms with E-state index in [4.69, 9.17) is 0 Å². The Morgan fingerprint density at radius 1 is 1.00 bits per heavy atom. The molecule has 1 aliphatic rings. The van der Waals surface area contributed by atoms with E-state index in [0.29, 0.717) is 18.5 Å². The van der Waals surface area contributed by atoms with E-state index >= 15 is 0 Å². The van der Waals surface area contributed by atoms with Crippen molar-refractivity contribution < 1.29 is 18.0 Å². The molecular formula is C28H39N3O4S. The molecule has 2 amide bonds. The van der Waals surface area contributed by atoms with Crippen LogP contribution in [0.1, 0.15) is 57.6 Å². The van der Waals surface area contributed by atoms with E-state index in [9.17, 15) is 18.0 Å². The number of carbonyl (C=O) groups is 2. The molecule has 1 unspecified atom stereocenters. The van der Waals surface area contributed by atoms with Gasteiger partial charge in [0.15, 0.2) is 0 Å². The summed E-state index contributed by atoms with van der Waals surface area (Å²) >= 11 is 0. The first kappa shape index (κ1) is 27.9. The summed E-state index contributed by atoms with van der Waals surface area (Å²) in [5.41, 5.74) is 2.94. The summed E-state index contributed by atoms with van der Waals surface area (Å²) in [6.07, 6.45) is 4.12. The quantitative estimate of drug-likeness (QED) is 0.488. The van der Waals surface area contributed by atoms with E-state index in [1.807, 2.05) is 45.0 Å². The van der Waals surface area contributed by atoms with Crippen molar-refractivity contribution >= 4 is 27.5 Å². The van der Waals surface area contributed by atoms with Crippen molar-refractivity contribution in [3.63, 3.8) is 0 Å². The van der Waals surface area contributed by atoms with Crippen LogP contribution in [0.5, 0.6) is 0 Å². The number of piperidine rings is 1. The van der Waals surface area contributed by atoms with Crippen LogP contribution in [0.15, 0.2) is 53.4 Å². The van der Waals surface area contributed by atoms with Gasteiger partial charge in [0.05, 0.1) is 4.90 Å². The van der Waals surface area contributed by atoms with Crippen LogP contribution in [0.25, 0.3) is 0 Å². The molecule has 1 aliphatic heterocycles. The van der Waals surface area contributed by atoms with Gasteiger partial charge in [0.25, 0.3) is 0 Å². The lowest BCUT2D eigenvalue weighted by Crippen LogP contribution is -2.50. The van der Waals surface area contributed by atoms with E-state index in [1.165, 1.54) is 9.87 Å². The molecule has 0 saturated carbocycles. The number of nitrogens with zero attached hydrogens (tertiary/aromatic N) is 1. The van der Waals surface area contributed by atoms with Crippen molar-refractivity contribution in [3.8, 4) is 0 Å².